The van der Waals surface area contributed by atoms with Crippen LogP contribution in [0.25, 0.3) is 0 Å². The van der Waals surface area contributed by atoms with Gasteiger partial charge in [-0.2, -0.15) is 0 Å². The number of nitrogens with one attached hydrogen (secondary N) is 2. The molecule has 3 aliphatic carbocycles. The van der Waals surface area contributed by atoms with Gasteiger partial charge in [0.25, 0.3) is 5.91 Å². The first-order chi connectivity index (χ1) is 18.3. The summed E-state index contributed by atoms with van der Waals surface area (Å²) in [6.45, 7) is 4.96. The van der Waals surface area contributed by atoms with Crippen LogP contribution in [0.5, 0.6) is 0 Å². The van der Waals surface area contributed by atoms with Crippen LogP contribution in [0, 0.1) is 47.3 Å². The number of carbonyl (C=O) groups excluding carboxylic acids is 3. The van der Waals surface area contributed by atoms with Crippen molar-refractivity contribution in [3.8, 4) is 0 Å². The van der Waals surface area contributed by atoms with E-state index in [1.807, 2.05) is 12.2 Å². The molecule has 206 valence electrons. The number of hydrogen-bond acceptors (Lipinski definition) is 6. The van der Waals surface area contributed by atoms with Crippen LogP contribution in [0.3, 0.4) is 0 Å². The summed E-state index contributed by atoms with van der Waals surface area (Å²) in [5.74, 6) is 2.16. The molecular weight excluding hydrogens is 484 g/mol. The Morgan fingerprint density at radius 2 is 1.84 bits per heavy atom. The van der Waals surface area contributed by atoms with Crippen molar-refractivity contribution in [2.75, 3.05) is 13.7 Å². The fourth-order valence-corrected chi connectivity index (χ4v) is 9.00. The molecule has 2 unspecified atom stereocenters. The highest BCUT2D eigenvalue weighted by Gasteiger charge is 2.68. The molecule has 0 aromatic carbocycles. The molecule has 8 heteroatoms. The first-order valence-corrected chi connectivity index (χ1v) is 14.4. The van der Waals surface area contributed by atoms with E-state index in [2.05, 4.69) is 24.5 Å². The van der Waals surface area contributed by atoms with E-state index in [0.717, 1.165) is 12.8 Å². The minimum absolute atomic E-state index is 0.135. The van der Waals surface area contributed by atoms with Gasteiger partial charge in [0.15, 0.2) is 5.78 Å². The molecule has 0 radical (unpaired) electrons. The number of hydrogen-bond donors (Lipinski definition) is 3. The van der Waals surface area contributed by atoms with Gasteiger partial charge in [-0.15, -0.1) is 0 Å². The molecule has 5 fully saturated rings. The van der Waals surface area contributed by atoms with Crippen molar-refractivity contribution < 1.29 is 29.0 Å². The number of Topliss-reactive ketones (excluding diaryl/α,β-unsaturated/α-hetero) is 1. The Kier molecular flexibility index (Phi) is 6.75. The number of ether oxygens (including phenoxy) is 2. The van der Waals surface area contributed by atoms with E-state index >= 15 is 0 Å². The molecule has 2 saturated heterocycles. The predicted molar refractivity (Wildman–Crippen MR) is 140 cm³/mol. The summed E-state index contributed by atoms with van der Waals surface area (Å²) in [4.78, 5) is 37.8. The van der Waals surface area contributed by atoms with Crippen molar-refractivity contribution >= 4 is 17.6 Å². The van der Waals surface area contributed by atoms with Crippen LogP contribution >= 0.6 is 0 Å². The third-order valence-electron chi connectivity index (χ3n) is 10.6. The number of fused-ring (bicyclic) bond motifs is 10. The van der Waals surface area contributed by atoms with Crippen LogP contribution in [0.2, 0.25) is 0 Å². The number of aliphatic hydroxyl groups is 1. The molecule has 0 aromatic heterocycles. The van der Waals surface area contributed by atoms with E-state index in [4.69, 9.17) is 9.47 Å². The van der Waals surface area contributed by atoms with Gasteiger partial charge in [-0.25, -0.2) is 0 Å². The molecule has 12 atom stereocenters. The molecular formula is C30H40N2O6. The Labute approximate surface area is 224 Å². The normalized spacial score (nSPS) is 48.7. The first-order valence-electron chi connectivity index (χ1n) is 14.4. The Morgan fingerprint density at radius 3 is 2.63 bits per heavy atom. The number of amides is 2. The number of ketones is 1. The van der Waals surface area contributed by atoms with Crippen molar-refractivity contribution in [2.45, 2.75) is 70.3 Å². The maximum Gasteiger partial charge on any atom is 0.259 e. The lowest BCUT2D eigenvalue weighted by atomic mass is 9.65. The third kappa shape index (κ3) is 4.24. The Bertz CT molecular complexity index is 1100. The molecule has 3 heterocycles. The van der Waals surface area contributed by atoms with E-state index in [9.17, 15) is 19.5 Å². The highest BCUT2D eigenvalue weighted by atomic mass is 16.6. The highest BCUT2D eigenvalue weighted by Crippen LogP contribution is 2.66. The minimum Gasteiger partial charge on any atom is -0.507 e. The zero-order valence-electron chi connectivity index (χ0n) is 22.5. The summed E-state index contributed by atoms with van der Waals surface area (Å²) in [6.07, 6.45) is 11.7. The van der Waals surface area contributed by atoms with Crippen molar-refractivity contribution in [1.82, 2.24) is 10.6 Å². The standard InChI is InChI=1S/C30H40N2O6/c1-14-12-18-19-13-16-9-10-21(33)26-27(35)20(32-30(26)36)7-5-11-31-22(34)8-4-6-17(16)24(19)28-29(38-28)25(18)23(14)15(2)37-3/h4,8-10,14-20,23-25,28-29,33H,5-7,11-13H2,1-3H3,(H,31,34)(H,32,36)/b8-4-,10-9+,26-21-/t14-,15?,16-,17+,18-,19-,20+,23+,24?,25-,28-,29+/m1/s1. The second kappa shape index (κ2) is 9.94. The number of aliphatic hydroxyl groups excluding tert-OH is 1. The number of rotatable bonds is 2. The van der Waals surface area contributed by atoms with Gasteiger partial charge >= 0.3 is 0 Å². The van der Waals surface area contributed by atoms with Gasteiger partial charge in [0.1, 0.15) is 11.3 Å². The van der Waals surface area contributed by atoms with Crippen LogP contribution in [0.4, 0.5) is 0 Å². The number of epoxide rings is 1. The molecule has 0 spiro atoms. The summed E-state index contributed by atoms with van der Waals surface area (Å²) in [5, 5.41) is 16.4. The Hall–Kier alpha value is -2.45. The lowest BCUT2D eigenvalue weighted by molar-refractivity contribution is -0.118. The van der Waals surface area contributed by atoms with Crippen LogP contribution in [-0.2, 0) is 23.9 Å². The minimum atomic E-state index is -0.664. The van der Waals surface area contributed by atoms with Crippen LogP contribution in [0.15, 0.2) is 35.6 Å². The van der Waals surface area contributed by atoms with Gasteiger partial charge in [-0.05, 0) is 98.5 Å². The predicted octanol–water partition coefficient (Wildman–Crippen LogP) is 2.85. The second-order valence-corrected chi connectivity index (χ2v) is 12.4. The van der Waals surface area contributed by atoms with Crippen molar-refractivity contribution in [3.63, 3.8) is 0 Å². The smallest absolute Gasteiger partial charge is 0.259 e. The molecule has 0 aromatic rings. The fourth-order valence-electron chi connectivity index (χ4n) is 9.00. The summed E-state index contributed by atoms with van der Waals surface area (Å²) in [7, 11) is 1.80. The SMILES string of the molecule is COC(C)[C@H]1[C@H]2[C@H](C[C@H]1C)[C@H]1C[C@H]3/C=C/C(O)=C4/C(=O)N[C@@H](CCCNC(=O)/C=C\C[C@@H]3C1[C@H]1O[C@@H]21)C4=O. The molecule has 38 heavy (non-hydrogen) atoms. The fraction of sp³-hybridized carbons (Fsp3) is 0.700. The highest BCUT2D eigenvalue weighted by molar-refractivity contribution is 6.27. The second-order valence-electron chi connectivity index (χ2n) is 12.4. The monoisotopic (exact) mass is 524 g/mol. The molecule has 3 N–H and O–H groups in total. The topological polar surface area (TPSA) is 117 Å². The number of methoxy groups -OCH3 is 1. The summed E-state index contributed by atoms with van der Waals surface area (Å²) < 4.78 is 12.2. The van der Waals surface area contributed by atoms with Gasteiger partial charge in [0.2, 0.25) is 5.91 Å². The van der Waals surface area contributed by atoms with Crippen molar-refractivity contribution in [1.29, 1.82) is 0 Å². The molecule has 8 nitrogen and oxygen atoms in total. The average Bonchev–Trinajstić information content (AvgIpc) is 3.35. The van der Waals surface area contributed by atoms with Crippen LogP contribution in [-0.4, -0.2) is 60.7 Å². The molecule has 2 bridgehead atoms. The molecule has 6 rings (SSSR count). The summed E-state index contributed by atoms with van der Waals surface area (Å²) >= 11 is 0. The van der Waals surface area contributed by atoms with Gasteiger partial charge in [-0.3, -0.25) is 14.4 Å². The third-order valence-corrected chi connectivity index (χ3v) is 10.6. The Balaban J connectivity index is 1.32. The lowest BCUT2D eigenvalue weighted by Gasteiger charge is -2.38. The first kappa shape index (κ1) is 25.8. The maximum absolute atomic E-state index is 12.9. The average molecular weight is 525 g/mol. The lowest BCUT2D eigenvalue weighted by Crippen LogP contribution is -2.41. The van der Waals surface area contributed by atoms with Crippen molar-refractivity contribution in [3.05, 3.63) is 35.6 Å². The zero-order chi connectivity index (χ0) is 26.7. The van der Waals surface area contributed by atoms with E-state index < -0.39 is 11.9 Å². The Morgan fingerprint density at radius 1 is 1.08 bits per heavy atom. The van der Waals surface area contributed by atoms with E-state index in [1.165, 1.54) is 6.42 Å². The summed E-state index contributed by atoms with van der Waals surface area (Å²) in [5.41, 5.74) is -0.152. The van der Waals surface area contributed by atoms with Gasteiger partial charge in [0.05, 0.1) is 24.4 Å². The molecule has 3 saturated carbocycles. The number of allylic oxidation sites excluding steroid dienone is 3. The van der Waals surface area contributed by atoms with E-state index in [1.54, 1.807) is 19.3 Å². The molecule has 6 aliphatic rings. The molecule has 2 amide bonds. The van der Waals surface area contributed by atoms with Gasteiger partial charge in [-0.1, -0.05) is 19.1 Å². The maximum atomic E-state index is 12.9. The largest absolute Gasteiger partial charge is 0.507 e. The van der Waals surface area contributed by atoms with Crippen molar-refractivity contribution in [2.24, 2.45) is 47.3 Å². The quantitative estimate of drug-likeness (QED) is 0.378. The summed E-state index contributed by atoms with van der Waals surface area (Å²) in [6, 6.07) is -0.664. The molecule has 3 aliphatic heterocycles. The number of carbonyl (C=O) groups is 3. The van der Waals surface area contributed by atoms with Crippen LogP contribution < -0.4 is 10.6 Å². The van der Waals surface area contributed by atoms with E-state index in [0.29, 0.717) is 54.9 Å². The van der Waals surface area contributed by atoms with Crippen LogP contribution in [0.1, 0.15) is 46.0 Å². The van der Waals surface area contributed by atoms with E-state index in [-0.39, 0.29) is 53.2 Å². The van der Waals surface area contributed by atoms with Gasteiger partial charge in [0, 0.05) is 13.7 Å². The zero-order valence-corrected chi connectivity index (χ0v) is 22.5. The van der Waals surface area contributed by atoms with Gasteiger partial charge < -0.3 is 25.2 Å².